The summed E-state index contributed by atoms with van der Waals surface area (Å²) in [6.45, 7) is 4.15. The van der Waals surface area contributed by atoms with Gasteiger partial charge in [-0.05, 0) is 79.1 Å². The molecule has 1 aliphatic heterocycles. The number of hydrogen-bond donors (Lipinski definition) is 1. The lowest BCUT2D eigenvalue weighted by atomic mass is 10.1. The minimum atomic E-state index is -4.17. The van der Waals surface area contributed by atoms with Gasteiger partial charge in [-0.1, -0.05) is 34.4 Å². The van der Waals surface area contributed by atoms with Gasteiger partial charge in [0.25, 0.3) is 15.9 Å². The molecule has 0 bridgehead atoms. The van der Waals surface area contributed by atoms with Gasteiger partial charge < -0.3 is 9.74 Å². The molecule has 4 rings (SSSR count). The highest BCUT2D eigenvalue weighted by Crippen LogP contribution is 2.28. The number of oxime groups is 1. The quantitative estimate of drug-likeness (QED) is 0.355. The van der Waals surface area contributed by atoms with Gasteiger partial charge in [-0.2, -0.15) is 0 Å². The number of amides is 1. The van der Waals surface area contributed by atoms with Crippen molar-refractivity contribution in [2.75, 3.05) is 18.0 Å². The highest BCUT2D eigenvalue weighted by atomic mass is 35.5. The number of rotatable bonds is 7. The fraction of sp³-hybridized carbons (Fsp3) is 0.167. The number of likely N-dealkylation sites (N-methyl/N-ethyl adjacent to an activating group) is 1. The van der Waals surface area contributed by atoms with Crippen molar-refractivity contribution in [1.29, 1.82) is 0 Å². The van der Waals surface area contributed by atoms with E-state index in [1.54, 1.807) is 6.21 Å². The number of fused-ring (bicyclic) bond motifs is 1. The van der Waals surface area contributed by atoms with Crippen LogP contribution in [-0.2, 0) is 16.4 Å². The van der Waals surface area contributed by atoms with Crippen molar-refractivity contribution in [2.45, 2.75) is 18.2 Å². The second kappa shape index (κ2) is 10.0. The zero-order valence-corrected chi connectivity index (χ0v) is 20.5. The van der Waals surface area contributed by atoms with E-state index in [0.717, 1.165) is 25.1 Å². The molecule has 1 amide bonds. The molecular formula is C24H21Cl2N3O4S. The SMILES string of the molecule is CCN1CCc2cc(/C=N/Oc3ccc(C(=O)NS(=O)(=O)c4ccc(Cl)cc4Cl)cc3)ccc21. The molecule has 3 aromatic rings. The Balaban J connectivity index is 1.38. The Morgan fingerprint density at radius 3 is 2.59 bits per heavy atom. The fourth-order valence-electron chi connectivity index (χ4n) is 3.64. The van der Waals surface area contributed by atoms with Crippen molar-refractivity contribution >= 4 is 51.0 Å². The van der Waals surface area contributed by atoms with E-state index in [-0.39, 0.29) is 20.5 Å². The molecule has 10 heteroatoms. The zero-order chi connectivity index (χ0) is 24.3. The van der Waals surface area contributed by atoms with Gasteiger partial charge in [0.05, 0.1) is 11.2 Å². The van der Waals surface area contributed by atoms with Crippen LogP contribution in [0.25, 0.3) is 0 Å². The summed E-state index contributed by atoms with van der Waals surface area (Å²) in [4.78, 5) is 19.9. The third-order valence-corrected chi connectivity index (χ3v) is 7.41. The van der Waals surface area contributed by atoms with E-state index in [9.17, 15) is 13.2 Å². The lowest BCUT2D eigenvalue weighted by molar-refractivity contribution is 0.0981. The maximum Gasteiger partial charge on any atom is 0.265 e. The van der Waals surface area contributed by atoms with Crippen molar-refractivity contribution in [2.24, 2.45) is 5.16 Å². The second-order valence-electron chi connectivity index (χ2n) is 7.58. The number of carbonyl (C=O) groups excluding carboxylic acids is 1. The minimum Gasteiger partial charge on any atom is -0.371 e. The Bertz CT molecular complexity index is 1360. The first-order valence-corrected chi connectivity index (χ1v) is 12.7. The molecule has 176 valence electrons. The normalized spacial score (nSPS) is 13.2. The van der Waals surface area contributed by atoms with Gasteiger partial charge in [-0.15, -0.1) is 0 Å². The van der Waals surface area contributed by atoms with Crippen molar-refractivity contribution in [3.63, 3.8) is 0 Å². The van der Waals surface area contributed by atoms with Gasteiger partial charge in [0.15, 0.2) is 5.75 Å². The predicted molar refractivity (Wildman–Crippen MR) is 134 cm³/mol. The van der Waals surface area contributed by atoms with Crippen LogP contribution < -0.4 is 14.5 Å². The zero-order valence-electron chi connectivity index (χ0n) is 18.2. The van der Waals surface area contributed by atoms with Gasteiger partial charge in [-0.3, -0.25) is 4.79 Å². The van der Waals surface area contributed by atoms with Crippen LogP contribution in [0.1, 0.15) is 28.4 Å². The number of carbonyl (C=O) groups is 1. The highest BCUT2D eigenvalue weighted by molar-refractivity contribution is 7.90. The van der Waals surface area contributed by atoms with E-state index in [4.69, 9.17) is 28.0 Å². The summed E-state index contributed by atoms with van der Waals surface area (Å²) >= 11 is 11.7. The van der Waals surface area contributed by atoms with Crippen molar-refractivity contribution in [3.8, 4) is 5.75 Å². The third kappa shape index (κ3) is 5.35. The molecule has 0 aromatic heterocycles. The van der Waals surface area contributed by atoms with Crippen LogP contribution in [0.4, 0.5) is 5.69 Å². The van der Waals surface area contributed by atoms with Gasteiger partial charge >= 0.3 is 0 Å². The van der Waals surface area contributed by atoms with Crippen LogP contribution in [0.5, 0.6) is 5.75 Å². The predicted octanol–water partition coefficient (Wildman–Crippen LogP) is 4.91. The minimum absolute atomic E-state index is 0.0829. The second-order valence-corrected chi connectivity index (χ2v) is 10.1. The van der Waals surface area contributed by atoms with Crippen molar-refractivity contribution < 1.29 is 18.0 Å². The van der Waals surface area contributed by atoms with Gasteiger partial charge in [0, 0.05) is 29.4 Å². The van der Waals surface area contributed by atoms with Crippen molar-refractivity contribution in [1.82, 2.24) is 4.72 Å². The molecule has 7 nitrogen and oxygen atoms in total. The smallest absolute Gasteiger partial charge is 0.265 e. The van der Waals surface area contributed by atoms with E-state index in [1.165, 1.54) is 53.7 Å². The summed E-state index contributed by atoms with van der Waals surface area (Å²) in [7, 11) is -4.17. The first-order chi connectivity index (χ1) is 16.3. The van der Waals surface area contributed by atoms with Gasteiger partial charge in [0.2, 0.25) is 0 Å². The Hall–Kier alpha value is -3.07. The Labute approximate surface area is 208 Å². The van der Waals surface area contributed by atoms with Crippen molar-refractivity contribution in [3.05, 3.63) is 87.4 Å². The number of benzene rings is 3. The molecule has 1 heterocycles. The molecule has 0 saturated heterocycles. The standard InChI is InChI=1S/C24H21Cl2N3O4S/c1-2-29-12-11-18-13-16(3-9-22(18)29)15-27-33-20-7-4-17(5-8-20)24(30)28-34(31,32)23-10-6-19(25)14-21(23)26/h3-10,13-15H,2,11-12H2,1H3,(H,28,30)/b27-15+. The molecule has 0 atom stereocenters. The van der Waals surface area contributed by atoms with E-state index >= 15 is 0 Å². The number of anilines is 1. The molecule has 0 radical (unpaired) electrons. The largest absolute Gasteiger partial charge is 0.371 e. The highest BCUT2D eigenvalue weighted by Gasteiger charge is 2.22. The molecule has 0 aliphatic carbocycles. The summed E-state index contributed by atoms with van der Waals surface area (Å²) < 4.78 is 27.0. The van der Waals surface area contributed by atoms with Gasteiger partial charge in [-0.25, -0.2) is 13.1 Å². The molecule has 0 unspecified atom stereocenters. The molecule has 34 heavy (non-hydrogen) atoms. The first kappa shape index (κ1) is 24.1. The Morgan fingerprint density at radius 2 is 1.88 bits per heavy atom. The van der Waals surface area contributed by atoms with E-state index in [2.05, 4.69) is 29.1 Å². The average Bonchev–Trinajstić information content (AvgIpc) is 3.21. The molecular weight excluding hydrogens is 497 g/mol. The maximum absolute atomic E-state index is 12.5. The molecule has 1 aliphatic rings. The molecule has 0 fully saturated rings. The lowest BCUT2D eigenvalue weighted by Crippen LogP contribution is -2.30. The van der Waals surface area contributed by atoms with Gasteiger partial charge in [0.1, 0.15) is 4.90 Å². The van der Waals surface area contributed by atoms with Crippen LogP contribution in [0.2, 0.25) is 10.0 Å². The van der Waals surface area contributed by atoms with Crippen LogP contribution >= 0.6 is 23.2 Å². The van der Waals surface area contributed by atoms with E-state index in [1.807, 2.05) is 10.8 Å². The number of halogens is 2. The Kier molecular flexibility index (Phi) is 7.11. The summed E-state index contributed by atoms with van der Waals surface area (Å²) in [5.74, 6) is -0.407. The number of sulfonamides is 1. The molecule has 1 N–H and O–H groups in total. The summed E-state index contributed by atoms with van der Waals surface area (Å²) in [6, 6.07) is 16.0. The van der Waals surface area contributed by atoms with E-state index < -0.39 is 15.9 Å². The average molecular weight is 518 g/mol. The third-order valence-electron chi connectivity index (χ3n) is 5.36. The fourth-order valence-corrected chi connectivity index (χ4v) is 5.39. The van der Waals surface area contributed by atoms with Crippen LogP contribution in [0.3, 0.4) is 0 Å². The molecule has 3 aromatic carbocycles. The Morgan fingerprint density at radius 1 is 1.12 bits per heavy atom. The number of nitrogens with zero attached hydrogens (tertiary/aromatic N) is 2. The topological polar surface area (TPSA) is 88.1 Å². The number of nitrogens with one attached hydrogen (secondary N) is 1. The monoisotopic (exact) mass is 517 g/mol. The van der Waals surface area contributed by atoms with Crippen LogP contribution in [0, 0.1) is 0 Å². The lowest BCUT2D eigenvalue weighted by Gasteiger charge is -2.16. The summed E-state index contributed by atoms with van der Waals surface area (Å²) in [5.41, 5.74) is 3.61. The number of hydrogen-bond acceptors (Lipinski definition) is 6. The van der Waals surface area contributed by atoms with Crippen LogP contribution in [-0.4, -0.2) is 33.6 Å². The van der Waals surface area contributed by atoms with Crippen LogP contribution in [0.15, 0.2) is 70.7 Å². The summed E-state index contributed by atoms with van der Waals surface area (Å²) in [6.07, 6.45) is 2.63. The molecule has 0 spiro atoms. The first-order valence-electron chi connectivity index (χ1n) is 10.5. The molecule has 0 saturated carbocycles. The maximum atomic E-state index is 12.5. The van der Waals surface area contributed by atoms with E-state index in [0.29, 0.717) is 5.75 Å². The summed E-state index contributed by atoms with van der Waals surface area (Å²) in [5, 5.41) is 4.21.